The Morgan fingerprint density at radius 3 is 2.56 bits per heavy atom. The fraction of sp³-hybridized carbons (Fsp3) is 0.235. The smallest absolute Gasteiger partial charge is 0.323 e. The minimum absolute atomic E-state index is 0.229. The lowest BCUT2D eigenvalue weighted by Gasteiger charge is -2.10. The number of halogens is 3. The summed E-state index contributed by atoms with van der Waals surface area (Å²) in [5.41, 5.74) is 8.02. The standard InChI is InChI=1S/C17H16F3N6O/c1-10(15(21)27)22-9-13-3-2-4-14-24-16(25-26(13)14)23-12-7-5-11(6-8-12)17(18,19)20/h2-8,10,21-22H,9H2,1H3,(H,23,25). The molecule has 2 aromatic heterocycles. The molecule has 1 radical (unpaired) electrons. The highest BCUT2D eigenvalue weighted by Crippen LogP contribution is 2.30. The second-order valence-corrected chi connectivity index (χ2v) is 5.89. The van der Waals surface area contributed by atoms with E-state index in [4.69, 9.17) is 5.73 Å². The van der Waals surface area contributed by atoms with Crippen molar-refractivity contribution in [3.8, 4) is 0 Å². The van der Waals surface area contributed by atoms with Crippen LogP contribution in [-0.4, -0.2) is 26.5 Å². The molecule has 10 heteroatoms. The van der Waals surface area contributed by atoms with Crippen molar-refractivity contribution in [1.82, 2.24) is 25.6 Å². The molecular formula is C17H16F3N6O. The van der Waals surface area contributed by atoms with Crippen molar-refractivity contribution >= 4 is 23.2 Å². The number of amides is 1. The molecule has 1 amide bonds. The highest BCUT2D eigenvalue weighted by molar-refractivity contribution is 5.78. The number of rotatable bonds is 6. The first-order valence-electron chi connectivity index (χ1n) is 8.02. The molecule has 0 spiro atoms. The summed E-state index contributed by atoms with van der Waals surface area (Å²) >= 11 is 0. The molecule has 3 aromatic rings. The lowest BCUT2D eigenvalue weighted by Crippen LogP contribution is -2.34. The summed E-state index contributed by atoms with van der Waals surface area (Å²) in [6.45, 7) is 1.89. The number of aromatic nitrogens is 3. The molecule has 3 N–H and O–H groups in total. The number of anilines is 2. The van der Waals surface area contributed by atoms with Crippen LogP contribution in [0.4, 0.5) is 24.8 Å². The zero-order valence-corrected chi connectivity index (χ0v) is 14.2. The third-order valence-electron chi connectivity index (χ3n) is 3.89. The molecule has 0 aliphatic carbocycles. The number of nitrogens with zero attached hydrogens (tertiary/aromatic N) is 3. The van der Waals surface area contributed by atoms with Gasteiger partial charge in [0.15, 0.2) is 5.65 Å². The van der Waals surface area contributed by atoms with E-state index in [0.717, 1.165) is 12.1 Å². The van der Waals surface area contributed by atoms with E-state index in [1.807, 2.05) is 0 Å². The molecule has 27 heavy (non-hydrogen) atoms. The second-order valence-electron chi connectivity index (χ2n) is 5.89. The monoisotopic (exact) mass is 377 g/mol. The number of benzene rings is 1. The Hall–Kier alpha value is -3.14. The predicted molar refractivity (Wildman–Crippen MR) is 92.1 cm³/mol. The molecule has 1 unspecified atom stereocenters. The van der Waals surface area contributed by atoms with Gasteiger partial charge >= 0.3 is 6.18 Å². The summed E-state index contributed by atoms with van der Waals surface area (Å²) in [6, 6.07) is 9.24. The Morgan fingerprint density at radius 1 is 1.22 bits per heavy atom. The summed E-state index contributed by atoms with van der Waals surface area (Å²) in [5.74, 6) is -0.489. The minimum Gasteiger partial charge on any atom is -0.323 e. The van der Waals surface area contributed by atoms with Gasteiger partial charge in [-0.25, -0.2) is 4.52 Å². The average Bonchev–Trinajstić information content (AvgIpc) is 3.02. The first-order chi connectivity index (χ1) is 12.7. The maximum absolute atomic E-state index is 12.6. The van der Waals surface area contributed by atoms with E-state index in [1.165, 1.54) is 12.1 Å². The van der Waals surface area contributed by atoms with Gasteiger partial charge < -0.3 is 10.6 Å². The molecule has 0 bridgehead atoms. The molecular weight excluding hydrogens is 361 g/mol. The first kappa shape index (κ1) is 18.6. The van der Waals surface area contributed by atoms with Crippen molar-refractivity contribution in [2.75, 3.05) is 5.32 Å². The predicted octanol–water partition coefficient (Wildman–Crippen LogP) is 2.78. The zero-order chi connectivity index (χ0) is 19.6. The number of pyridine rings is 1. The third kappa shape index (κ3) is 4.34. The summed E-state index contributed by atoms with van der Waals surface area (Å²) in [7, 11) is 0. The molecule has 0 saturated carbocycles. The highest BCUT2D eigenvalue weighted by atomic mass is 19.4. The van der Waals surface area contributed by atoms with Crippen LogP contribution in [0.2, 0.25) is 0 Å². The van der Waals surface area contributed by atoms with Crippen LogP contribution in [0.3, 0.4) is 0 Å². The van der Waals surface area contributed by atoms with Gasteiger partial charge in [-0.1, -0.05) is 6.07 Å². The molecule has 0 aliphatic rings. The van der Waals surface area contributed by atoms with Crippen molar-refractivity contribution in [3.63, 3.8) is 0 Å². The zero-order valence-electron chi connectivity index (χ0n) is 14.2. The van der Waals surface area contributed by atoms with Crippen molar-refractivity contribution in [2.45, 2.75) is 25.7 Å². The van der Waals surface area contributed by atoms with Gasteiger partial charge in [-0.3, -0.25) is 10.5 Å². The lowest BCUT2D eigenvalue weighted by atomic mass is 10.2. The molecule has 141 valence electrons. The molecule has 3 rings (SSSR count). The second kappa shape index (κ2) is 7.23. The van der Waals surface area contributed by atoms with Crippen molar-refractivity contribution in [1.29, 1.82) is 0 Å². The van der Waals surface area contributed by atoms with E-state index in [9.17, 15) is 18.0 Å². The van der Waals surface area contributed by atoms with E-state index < -0.39 is 23.7 Å². The fourth-order valence-corrected chi connectivity index (χ4v) is 2.37. The summed E-state index contributed by atoms with van der Waals surface area (Å²) in [4.78, 5) is 15.3. The maximum atomic E-state index is 12.6. The van der Waals surface area contributed by atoms with Crippen molar-refractivity contribution < 1.29 is 18.0 Å². The van der Waals surface area contributed by atoms with Gasteiger partial charge in [0.2, 0.25) is 5.95 Å². The van der Waals surface area contributed by atoms with Gasteiger partial charge in [0.05, 0.1) is 17.3 Å². The van der Waals surface area contributed by atoms with Crippen molar-refractivity contribution in [3.05, 3.63) is 53.7 Å². The van der Waals surface area contributed by atoms with Crippen LogP contribution < -0.4 is 16.4 Å². The Kier molecular flexibility index (Phi) is 5.00. The van der Waals surface area contributed by atoms with Crippen LogP contribution in [0.15, 0.2) is 42.5 Å². The number of nitrogens with one attached hydrogen (secondary N) is 3. The van der Waals surface area contributed by atoms with Gasteiger partial charge in [-0.15, -0.1) is 5.10 Å². The third-order valence-corrected chi connectivity index (χ3v) is 3.89. The molecule has 1 aromatic carbocycles. The Bertz CT molecular complexity index is 951. The quantitative estimate of drug-likeness (QED) is 0.689. The minimum atomic E-state index is -4.39. The topological polar surface area (TPSA) is 95.1 Å². The van der Waals surface area contributed by atoms with Gasteiger partial charge in [0.1, 0.15) is 0 Å². The van der Waals surface area contributed by atoms with E-state index in [-0.39, 0.29) is 5.95 Å². The molecule has 7 nitrogen and oxygen atoms in total. The maximum Gasteiger partial charge on any atom is 0.416 e. The number of carbonyl (C=O) groups is 1. The van der Waals surface area contributed by atoms with Gasteiger partial charge in [-0.2, -0.15) is 18.2 Å². The summed E-state index contributed by atoms with van der Waals surface area (Å²) in [6.07, 6.45) is -4.39. The van der Waals surface area contributed by atoms with Gasteiger partial charge in [0, 0.05) is 12.2 Å². The normalized spacial score (nSPS) is 12.9. The highest BCUT2D eigenvalue weighted by Gasteiger charge is 2.29. The molecule has 0 saturated heterocycles. The van der Waals surface area contributed by atoms with E-state index in [0.29, 0.717) is 23.6 Å². The number of hydrogen-bond donors (Lipinski definition) is 2. The first-order valence-corrected chi connectivity index (χ1v) is 8.02. The van der Waals surface area contributed by atoms with E-state index in [1.54, 1.807) is 29.6 Å². The van der Waals surface area contributed by atoms with Gasteiger partial charge in [0.25, 0.3) is 5.91 Å². The molecule has 0 aliphatic heterocycles. The number of carbonyl (C=O) groups excluding carboxylic acids is 1. The molecule has 0 fully saturated rings. The van der Waals surface area contributed by atoms with Crippen LogP contribution in [0.5, 0.6) is 0 Å². The fourth-order valence-electron chi connectivity index (χ4n) is 2.37. The Labute approximate surface area is 152 Å². The largest absolute Gasteiger partial charge is 0.416 e. The van der Waals surface area contributed by atoms with Crippen LogP contribution >= 0.6 is 0 Å². The van der Waals surface area contributed by atoms with Crippen LogP contribution in [0.1, 0.15) is 18.2 Å². The molecule has 1 atom stereocenters. The summed E-state index contributed by atoms with van der Waals surface area (Å²) in [5, 5.41) is 10.1. The van der Waals surface area contributed by atoms with Crippen LogP contribution in [0.25, 0.3) is 5.65 Å². The van der Waals surface area contributed by atoms with Crippen LogP contribution in [0, 0.1) is 0 Å². The summed E-state index contributed by atoms with van der Waals surface area (Å²) < 4.78 is 39.4. The number of alkyl halides is 3. The van der Waals surface area contributed by atoms with Crippen molar-refractivity contribution in [2.24, 2.45) is 0 Å². The average molecular weight is 377 g/mol. The van der Waals surface area contributed by atoms with E-state index in [2.05, 4.69) is 20.7 Å². The van der Waals surface area contributed by atoms with E-state index >= 15 is 0 Å². The Balaban J connectivity index is 1.78. The van der Waals surface area contributed by atoms with Crippen LogP contribution in [-0.2, 0) is 17.5 Å². The number of hydrogen-bond acceptors (Lipinski definition) is 5. The number of fused-ring (bicyclic) bond motifs is 1. The van der Waals surface area contributed by atoms with Gasteiger partial charge in [-0.05, 0) is 43.3 Å². The Morgan fingerprint density at radius 2 is 1.93 bits per heavy atom. The molecule has 2 heterocycles. The lowest BCUT2D eigenvalue weighted by molar-refractivity contribution is -0.137. The SMILES string of the molecule is CC(NCc1cccc2nc(Nc3ccc(C(F)(F)F)cc3)nn12)C([NH])=O.